The number of aliphatic hydroxyl groups excluding tert-OH is 1. The first-order valence-electron chi connectivity index (χ1n) is 8.21. The van der Waals surface area contributed by atoms with Gasteiger partial charge >= 0.3 is 0 Å². The molecule has 1 N–H and O–H groups in total. The molecule has 1 unspecified atom stereocenters. The van der Waals surface area contributed by atoms with Gasteiger partial charge in [0, 0.05) is 44.6 Å². The molecule has 5 nitrogen and oxygen atoms in total. The van der Waals surface area contributed by atoms with E-state index in [0.29, 0.717) is 19.0 Å². The van der Waals surface area contributed by atoms with E-state index in [1.54, 1.807) is 0 Å². The predicted octanol–water partition coefficient (Wildman–Crippen LogP) is 1.11. The van der Waals surface area contributed by atoms with Crippen molar-refractivity contribution in [2.24, 2.45) is 17.8 Å². The van der Waals surface area contributed by atoms with Gasteiger partial charge in [0.1, 0.15) is 0 Å². The summed E-state index contributed by atoms with van der Waals surface area (Å²) < 4.78 is 0. The van der Waals surface area contributed by atoms with E-state index in [9.17, 15) is 9.59 Å². The third-order valence-corrected chi connectivity index (χ3v) is 4.78. The van der Waals surface area contributed by atoms with E-state index in [2.05, 4.69) is 0 Å². The van der Waals surface area contributed by atoms with Crippen molar-refractivity contribution >= 4 is 11.8 Å². The Balaban J connectivity index is 1.80. The molecule has 2 amide bonds. The Labute approximate surface area is 127 Å². The Bertz CT molecular complexity index is 376. The molecule has 0 saturated carbocycles. The normalized spacial score (nSPS) is 23.9. The maximum absolute atomic E-state index is 12.5. The Morgan fingerprint density at radius 2 is 1.71 bits per heavy atom. The molecule has 2 aliphatic heterocycles. The van der Waals surface area contributed by atoms with Crippen LogP contribution < -0.4 is 0 Å². The van der Waals surface area contributed by atoms with Crippen molar-refractivity contribution in [3.05, 3.63) is 0 Å². The third kappa shape index (κ3) is 3.96. The Morgan fingerprint density at radius 1 is 1.10 bits per heavy atom. The van der Waals surface area contributed by atoms with Gasteiger partial charge in [0.15, 0.2) is 0 Å². The molecule has 0 aliphatic carbocycles. The molecule has 5 heteroatoms. The molecule has 0 aromatic heterocycles. The van der Waals surface area contributed by atoms with Crippen molar-refractivity contribution in [1.82, 2.24) is 9.80 Å². The van der Waals surface area contributed by atoms with Gasteiger partial charge in [-0.1, -0.05) is 13.8 Å². The summed E-state index contributed by atoms with van der Waals surface area (Å²) in [6, 6.07) is 0. The highest BCUT2D eigenvalue weighted by atomic mass is 16.3. The number of carbonyl (C=O) groups excluding carboxylic acids is 2. The van der Waals surface area contributed by atoms with Crippen LogP contribution in [0.15, 0.2) is 0 Å². The van der Waals surface area contributed by atoms with Crippen LogP contribution in [0, 0.1) is 17.8 Å². The lowest BCUT2D eigenvalue weighted by atomic mass is 9.94. The fraction of sp³-hybridized carbons (Fsp3) is 0.875. The number of likely N-dealkylation sites (tertiary alicyclic amines) is 2. The predicted molar refractivity (Wildman–Crippen MR) is 80.5 cm³/mol. The number of carbonyl (C=O) groups is 2. The van der Waals surface area contributed by atoms with Crippen molar-refractivity contribution in [1.29, 1.82) is 0 Å². The maximum atomic E-state index is 12.5. The molecular formula is C16H28N2O3. The molecule has 1 atom stereocenters. The van der Waals surface area contributed by atoms with Gasteiger partial charge in [0.2, 0.25) is 11.8 Å². The van der Waals surface area contributed by atoms with Gasteiger partial charge in [-0.15, -0.1) is 0 Å². The quantitative estimate of drug-likeness (QED) is 0.845. The van der Waals surface area contributed by atoms with E-state index in [0.717, 1.165) is 38.8 Å². The summed E-state index contributed by atoms with van der Waals surface area (Å²) in [6.45, 7) is 7.10. The van der Waals surface area contributed by atoms with Gasteiger partial charge in [-0.2, -0.15) is 0 Å². The Hall–Kier alpha value is -1.10. The van der Waals surface area contributed by atoms with Crippen molar-refractivity contribution in [2.75, 3.05) is 32.8 Å². The second kappa shape index (κ2) is 7.25. The van der Waals surface area contributed by atoms with E-state index in [-0.39, 0.29) is 30.3 Å². The highest BCUT2D eigenvalue weighted by molar-refractivity contribution is 5.81. The van der Waals surface area contributed by atoms with Crippen LogP contribution in [0.2, 0.25) is 0 Å². The largest absolute Gasteiger partial charge is 0.396 e. The Morgan fingerprint density at radius 3 is 2.29 bits per heavy atom. The number of amides is 2. The van der Waals surface area contributed by atoms with Gasteiger partial charge in [-0.05, 0) is 31.6 Å². The monoisotopic (exact) mass is 296 g/mol. The van der Waals surface area contributed by atoms with E-state index >= 15 is 0 Å². The number of hydrogen-bond acceptors (Lipinski definition) is 3. The zero-order valence-electron chi connectivity index (χ0n) is 13.3. The SMILES string of the molecule is CC(C)C(=O)N1CCC(C(=O)N2CCC(CCO)C2)CC1. The summed E-state index contributed by atoms with van der Waals surface area (Å²) >= 11 is 0. The smallest absolute Gasteiger partial charge is 0.225 e. The molecule has 2 aliphatic rings. The highest BCUT2D eigenvalue weighted by Gasteiger charge is 2.33. The lowest BCUT2D eigenvalue weighted by Crippen LogP contribution is -2.45. The minimum absolute atomic E-state index is 0.0371. The van der Waals surface area contributed by atoms with Crippen LogP contribution in [0.1, 0.15) is 39.5 Å². The molecule has 0 aromatic carbocycles. The summed E-state index contributed by atoms with van der Waals surface area (Å²) in [4.78, 5) is 28.3. The molecule has 2 heterocycles. The molecule has 0 radical (unpaired) electrons. The first kappa shape index (κ1) is 16.3. The Kier molecular flexibility index (Phi) is 5.62. The van der Waals surface area contributed by atoms with Crippen LogP contribution in [-0.4, -0.2) is 59.5 Å². The lowest BCUT2D eigenvalue weighted by molar-refractivity contribution is -0.141. The van der Waals surface area contributed by atoms with Gasteiger partial charge in [-0.25, -0.2) is 0 Å². The first-order chi connectivity index (χ1) is 10.0. The van der Waals surface area contributed by atoms with Crippen molar-refractivity contribution < 1.29 is 14.7 Å². The zero-order chi connectivity index (χ0) is 15.4. The molecule has 0 aromatic rings. The van der Waals surface area contributed by atoms with Gasteiger partial charge in [0.25, 0.3) is 0 Å². The average Bonchev–Trinajstić information content (AvgIpc) is 2.95. The second-order valence-corrected chi connectivity index (χ2v) is 6.71. The van der Waals surface area contributed by atoms with Gasteiger partial charge < -0.3 is 14.9 Å². The molecular weight excluding hydrogens is 268 g/mol. The van der Waals surface area contributed by atoms with Crippen LogP contribution in [0.4, 0.5) is 0 Å². The molecule has 120 valence electrons. The summed E-state index contributed by atoms with van der Waals surface area (Å²) in [6.07, 6.45) is 3.39. The van der Waals surface area contributed by atoms with Crippen LogP contribution in [0.25, 0.3) is 0 Å². The molecule has 2 saturated heterocycles. The van der Waals surface area contributed by atoms with Gasteiger partial charge in [0.05, 0.1) is 0 Å². The number of hydrogen-bond donors (Lipinski definition) is 1. The lowest BCUT2D eigenvalue weighted by Gasteiger charge is -2.34. The average molecular weight is 296 g/mol. The molecule has 21 heavy (non-hydrogen) atoms. The van der Waals surface area contributed by atoms with Gasteiger partial charge in [-0.3, -0.25) is 9.59 Å². The van der Waals surface area contributed by atoms with E-state index < -0.39 is 0 Å². The standard InChI is InChI=1S/C16H28N2O3/c1-12(2)15(20)17-8-4-14(5-9-17)16(21)18-7-3-13(11-18)6-10-19/h12-14,19H,3-11H2,1-2H3. The van der Waals surface area contributed by atoms with Crippen molar-refractivity contribution in [3.63, 3.8) is 0 Å². The van der Waals surface area contributed by atoms with E-state index in [4.69, 9.17) is 5.11 Å². The molecule has 0 spiro atoms. The topological polar surface area (TPSA) is 60.9 Å². The summed E-state index contributed by atoms with van der Waals surface area (Å²) in [5, 5.41) is 8.99. The van der Waals surface area contributed by atoms with Crippen LogP contribution in [0.3, 0.4) is 0 Å². The van der Waals surface area contributed by atoms with E-state index in [1.165, 1.54) is 0 Å². The van der Waals surface area contributed by atoms with Crippen LogP contribution in [-0.2, 0) is 9.59 Å². The molecule has 0 bridgehead atoms. The summed E-state index contributed by atoms with van der Waals surface area (Å²) in [7, 11) is 0. The zero-order valence-corrected chi connectivity index (χ0v) is 13.3. The highest BCUT2D eigenvalue weighted by Crippen LogP contribution is 2.25. The minimum Gasteiger partial charge on any atom is -0.396 e. The second-order valence-electron chi connectivity index (χ2n) is 6.71. The summed E-state index contributed by atoms with van der Waals surface area (Å²) in [5.74, 6) is 1.03. The number of nitrogens with zero attached hydrogens (tertiary/aromatic N) is 2. The number of rotatable bonds is 4. The molecule has 2 fully saturated rings. The maximum Gasteiger partial charge on any atom is 0.225 e. The van der Waals surface area contributed by atoms with Crippen molar-refractivity contribution in [2.45, 2.75) is 39.5 Å². The fourth-order valence-electron chi connectivity index (χ4n) is 3.42. The summed E-state index contributed by atoms with van der Waals surface area (Å²) in [5.41, 5.74) is 0. The molecule has 2 rings (SSSR count). The fourth-order valence-corrected chi connectivity index (χ4v) is 3.42. The van der Waals surface area contributed by atoms with Crippen LogP contribution in [0.5, 0.6) is 0 Å². The number of aliphatic hydroxyl groups is 1. The first-order valence-corrected chi connectivity index (χ1v) is 8.21. The minimum atomic E-state index is 0.0371. The number of piperidine rings is 1. The van der Waals surface area contributed by atoms with Crippen LogP contribution >= 0.6 is 0 Å². The van der Waals surface area contributed by atoms with Crippen molar-refractivity contribution in [3.8, 4) is 0 Å². The van der Waals surface area contributed by atoms with E-state index in [1.807, 2.05) is 23.6 Å². The third-order valence-electron chi connectivity index (χ3n) is 4.78.